The smallest absolute Gasteiger partial charge is 0.194 e. The third kappa shape index (κ3) is 5.69. The van der Waals surface area contributed by atoms with E-state index in [-0.39, 0.29) is 24.0 Å². The maximum absolute atomic E-state index is 4.40. The number of guanidine groups is 1. The van der Waals surface area contributed by atoms with Crippen molar-refractivity contribution in [1.82, 2.24) is 20.2 Å². The number of hydrogen-bond donors (Lipinski definition) is 2. The third-order valence-corrected chi connectivity index (χ3v) is 4.14. The number of nitrogens with one attached hydrogen (secondary N) is 2. The summed E-state index contributed by atoms with van der Waals surface area (Å²) < 4.78 is 0. The summed E-state index contributed by atoms with van der Waals surface area (Å²) in [5.41, 5.74) is 2.73. The van der Waals surface area contributed by atoms with Gasteiger partial charge in [-0.05, 0) is 17.6 Å². The lowest BCUT2D eigenvalue weighted by Gasteiger charge is -2.29. The molecular formula is C19H25IN6. The van der Waals surface area contributed by atoms with E-state index in [4.69, 9.17) is 0 Å². The average Bonchev–Trinajstić information content (AvgIpc) is 2.70. The van der Waals surface area contributed by atoms with E-state index >= 15 is 0 Å². The maximum Gasteiger partial charge on any atom is 0.194 e. The number of halogens is 1. The molecular weight excluding hydrogens is 439 g/mol. The van der Waals surface area contributed by atoms with Crippen LogP contribution >= 0.6 is 24.0 Å². The lowest BCUT2D eigenvalue weighted by Crippen LogP contribution is -2.44. The van der Waals surface area contributed by atoms with Crippen molar-refractivity contribution in [2.45, 2.75) is 6.42 Å². The largest absolute Gasteiger partial charge is 0.367 e. The summed E-state index contributed by atoms with van der Waals surface area (Å²) in [5, 5.41) is 6.63. The SMILES string of the molecule is CN=C(NCCNc1cnccn1)N1CC=C(c2ccccc2)CC1.I. The number of aromatic nitrogens is 2. The van der Waals surface area contributed by atoms with Gasteiger partial charge < -0.3 is 15.5 Å². The number of nitrogens with zero attached hydrogens (tertiary/aromatic N) is 4. The Bertz CT molecular complexity index is 717. The molecule has 0 aliphatic carbocycles. The van der Waals surface area contributed by atoms with Crippen LogP contribution in [0.2, 0.25) is 0 Å². The number of hydrogen-bond acceptors (Lipinski definition) is 4. The Morgan fingerprint density at radius 3 is 2.69 bits per heavy atom. The van der Waals surface area contributed by atoms with Gasteiger partial charge in [0.1, 0.15) is 5.82 Å². The number of anilines is 1. The topological polar surface area (TPSA) is 65.4 Å². The zero-order valence-electron chi connectivity index (χ0n) is 14.9. The Kier molecular flexibility index (Phi) is 8.33. The zero-order chi connectivity index (χ0) is 17.3. The van der Waals surface area contributed by atoms with E-state index in [2.05, 4.69) is 66.9 Å². The number of benzene rings is 1. The molecule has 2 heterocycles. The molecule has 0 fully saturated rings. The molecule has 0 amide bonds. The monoisotopic (exact) mass is 464 g/mol. The van der Waals surface area contributed by atoms with Gasteiger partial charge in [-0.2, -0.15) is 0 Å². The van der Waals surface area contributed by atoms with Crippen molar-refractivity contribution in [2.75, 3.05) is 38.5 Å². The summed E-state index contributed by atoms with van der Waals surface area (Å²) in [6.45, 7) is 3.38. The Labute approximate surface area is 171 Å². The molecule has 1 aliphatic rings. The van der Waals surface area contributed by atoms with Crippen LogP contribution in [0.15, 0.2) is 60.0 Å². The van der Waals surface area contributed by atoms with Gasteiger partial charge in [-0.3, -0.25) is 9.98 Å². The molecule has 0 radical (unpaired) electrons. The molecule has 6 nitrogen and oxygen atoms in total. The van der Waals surface area contributed by atoms with E-state index in [0.29, 0.717) is 0 Å². The van der Waals surface area contributed by atoms with E-state index in [1.165, 1.54) is 11.1 Å². The van der Waals surface area contributed by atoms with Crippen LogP contribution in [0.3, 0.4) is 0 Å². The minimum Gasteiger partial charge on any atom is -0.367 e. The van der Waals surface area contributed by atoms with Crippen LogP contribution in [0.1, 0.15) is 12.0 Å². The van der Waals surface area contributed by atoms with Crippen molar-refractivity contribution in [3.8, 4) is 0 Å². The second-order valence-corrected chi connectivity index (χ2v) is 5.78. The highest BCUT2D eigenvalue weighted by Crippen LogP contribution is 2.21. The molecule has 3 rings (SSSR count). The standard InChI is InChI=1S/C19H24N6.HI/c1-20-19(24-12-11-23-18-15-21-9-10-22-18)25-13-7-17(8-14-25)16-5-3-2-4-6-16;/h2-7,9-10,15H,8,11-14H2,1H3,(H,20,24)(H,22,23);1H. The van der Waals surface area contributed by atoms with Gasteiger partial charge in [0.2, 0.25) is 0 Å². The molecule has 1 aromatic carbocycles. The normalized spacial score (nSPS) is 14.3. The molecule has 1 aliphatic heterocycles. The third-order valence-electron chi connectivity index (χ3n) is 4.14. The maximum atomic E-state index is 4.40. The van der Waals surface area contributed by atoms with Gasteiger partial charge in [-0.1, -0.05) is 36.4 Å². The van der Waals surface area contributed by atoms with Gasteiger partial charge in [0.25, 0.3) is 0 Å². The van der Waals surface area contributed by atoms with Gasteiger partial charge in [-0.15, -0.1) is 24.0 Å². The second kappa shape index (κ2) is 10.7. The highest BCUT2D eigenvalue weighted by Gasteiger charge is 2.15. The highest BCUT2D eigenvalue weighted by molar-refractivity contribution is 14.0. The van der Waals surface area contributed by atoms with Gasteiger partial charge in [0.15, 0.2) is 5.96 Å². The molecule has 1 aromatic heterocycles. The van der Waals surface area contributed by atoms with Crippen LogP contribution in [0.4, 0.5) is 5.82 Å². The molecule has 138 valence electrons. The van der Waals surface area contributed by atoms with Gasteiger partial charge in [0.05, 0.1) is 6.20 Å². The lowest BCUT2D eigenvalue weighted by atomic mass is 10.00. The van der Waals surface area contributed by atoms with Crippen molar-refractivity contribution >= 4 is 41.3 Å². The molecule has 7 heteroatoms. The minimum atomic E-state index is 0. The lowest BCUT2D eigenvalue weighted by molar-refractivity contribution is 0.441. The van der Waals surface area contributed by atoms with Crippen molar-refractivity contribution in [1.29, 1.82) is 0 Å². The first kappa shape index (κ1) is 20.2. The van der Waals surface area contributed by atoms with Crippen molar-refractivity contribution in [3.63, 3.8) is 0 Å². The first-order valence-electron chi connectivity index (χ1n) is 8.57. The number of aliphatic imine (C=N–C) groups is 1. The summed E-state index contributed by atoms with van der Waals surface area (Å²) in [7, 11) is 1.83. The van der Waals surface area contributed by atoms with Crippen LogP contribution in [-0.2, 0) is 0 Å². The fraction of sp³-hybridized carbons (Fsp3) is 0.316. The first-order chi connectivity index (χ1) is 12.4. The molecule has 0 atom stereocenters. The molecule has 0 saturated carbocycles. The van der Waals surface area contributed by atoms with Crippen molar-refractivity contribution < 1.29 is 0 Å². The van der Waals surface area contributed by atoms with Crippen molar-refractivity contribution in [2.24, 2.45) is 4.99 Å². The Morgan fingerprint density at radius 2 is 2.04 bits per heavy atom. The van der Waals surface area contributed by atoms with Crippen LogP contribution < -0.4 is 10.6 Å². The summed E-state index contributed by atoms with van der Waals surface area (Å²) in [6, 6.07) is 10.6. The average molecular weight is 464 g/mol. The molecule has 26 heavy (non-hydrogen) atoms. The summed E-state index contributed by atoms with van der Waals surface area (Å²) >= 11 is 0. The fourth-order valence-electron chi connectivity index (χ4n) is 2.86. The van der Waals surface area contributed by atoms with Crippen LogP contribution in [0.25, 0.3) is 5.57 Å². The van der Waals surface area contributed by atoms with E-state index in [0.717, 1.165) is 44.4 Å². The van der Waals surface area contributed by atoms with Gasteiger partial charge in [0, 0.05) is 45.6 Å². The van der Waals surface area contributed by atoms with Gasteiger partial charge in [-0.25, -0.2) is 4.98 Å². The summed E-state index contributed by atoms with van der Waals surface area (Å²) in [5.74, 6) is 1.72. The van der Waals surface area contributed by atoms with E-state index in [9.17, 15) is 0 Å². The second-order valence-electron chi connectivity index (χ2n) is 5.78. The summed E-state index contributed by atoms with van der Waals surface area (Å²) in [6.07, 6.45) is 8.39. The zero-order valence-corrected chi connectivity index (χ0v) is 17.3. The van der Waals surface area contributed by atoms with Crippen molar-refractivity contribution in [3.05, 3.63) is 60.6 Å². The van der Waals surface area contributed by atoms with Crippen LogP contribution in [0.5, 0.6) is 0 Å². The number of rotatable bonds is 5. The molecule has 2 N–H and O–H groups in total. The van der Waals surface area contributed by atoms with Gasteiger partial charge >= 0.3 is 0 Å². The molecule has 2 aromatic rings. The van der Waals surface area contributed by atoms with E-state index in [1.54, 1.807) is 18.6 Å². The summed E-state index contributed by atoms with van der Waals surface area (Å²) in [4.78, 5) is 14.9. The minimum absolute atomic E-state index is 0. The Morgan fingerprint density at radius 1 is 1.19 bits per heavy atom. The molecule has 0 unspecified atom stereocenters. The predicted octanol–water partition coefficient (Wildman–Crippen LogP) is 2.87. The predicted molar refractivity (Wildman–Crippen MR) is 118 cm³/mol. The highest BCUT2D eigenvalue weighted by atomic mass is 127. The quantitative estimate of drug-likeness (QED) is 0.309. The van der Waals surface area contributed by atoms with Crippen LogP contribution in [-0.4, -0.2) is 54.1 Å². The van der Waals surface area contributed by atoms with E-state index < -0.39 is 0 Å². The fourth-order valence-corrected chi connectivity index (χ4v) is 2.86. The Balaban J connectivity index is 0.00000243. The molecule has 0 saturated heterocycles. The Hall–Kier alpha value is -2.16. The van der Waals surface area contributed by atoms with Crippen LogP contribution in [0, 0.1) is 0 Å². The molecule has 0 bridgehead atoms. The molecule has 0 spiro atoms. The van der Waals surface area contributed by atoms with E-state index in [1.807, 2.05) is 7.05 Å². The first-order valence-corrected chi connectivity index (χ1v) is 8.57.